The molecule has 0 radical (unpaired) electrons. The minimum Gasteiger partial charge on any atom is -0.493 e. The molecular weight excluding hydrogens is 356 g/mol. The smallest absolute Gasteiger partial charge is 0.165 e. The van der Waals surface area contributed by atoms with E-state index in [1.165, 1.54) is 0 Å². The van der Waals surface area contributed by atoms with Crippen LogP contribution >= 0.6 is 27.5 Å². The molecular formula is C16H22BrClO3. The van der Waals surface area contributed by atoms with Crippen molar-refractivity contribution >= 4 is 27.5 Å². The zero-order valence-corrected chi connectivity index (χ0v) is 15.5. The Morgan fingerprint density at radius 2 is 2.00 bits per heavy atom. The molecule has 1 heterocycles. The highest BCUT2D eigenvalue weighted by Gasteiger charge is 2.47. The van der Waals surface area contributed by atoms with Gasteiger partial charge in [0.1, 0.15) is 11.7 Å². The van der Waals surface area contributed by atoms with Crippen LogP contribution in [0, 0.1) is 0 Å². The average Bonchev–Trinajstić information content (AvgIpc) is 2.58. The predicted octanol–water partition coefficient (Wildman–Crippen LogP) is 4.97. The fourth-order valence-corrected chi connectivity index (χ4v) is 3.49. The number of hydrogen-bond acceptors (Lipinski definition) is 3. The van der Waals surface area contributed by atoms with Gasteiger partial charge in [0.25, 0.3) is 0 Å². The Morgan fingerprint density at radius 3 is 2.48 bits per heavy atom. The lowest BCUT2D eigenvalue weighted by Gasteiger charge is -2.28. The van der Waals surface area contributed by atoms with E-state index in [0.717, 1.165) is 17.7 Å². The molecule has 0 aliphatic carbocycles. The fraction of sp³-hybridized carbons (Fsp3) is 0.625. The highest BCUT2D eigenvalue weighted by Crippen LogP contribution is 2.43. The Labute approximate surface area is 140 Å². The normalized spacial score (nSPS) is 23.1. The molecule has 5 heteroatoms. The van der Waals surface area contributed by atoms with Gasteiger partial charge in [0.2, 0.25) is 0 Å². The van der Waals surface area contributed by atoms with Crippen molar-refractivity contribution in [1.29, 1.82) is 0 Å². The van der Waals surface area contributed by atoms with Crippen molar-refractivity contribution in [3.05, 3.63) is 22.7 Å². The molecule has 1 saturated heterocycles. The van der Waals surface area contributed by atoms with E-state index in [9.17, 15) is 0 Å². The Kier molecular flexibility index (Phi) is 4.81. The maximum atomic E-state index is 6.29. The molecule has 3 nitrogen and oxygen atoms in total. The second kappa shape index (κ2) is 5.98. The molecule has 2 rings (SSSR count). The van der Waals surface area contributed by atoms with Crippen LogP contribution in [0.25, 0.3) is 0 Å². The summed E-state index contributed by atoms with van der Waals surface area (Å²) in [6.45, 7) is 8.29. The summed E-state index contributed by atoms with van der Waals surface area (Å²) in [6, 6.07) is 3.67. The van der Waals surface area contributed by atoms with Crippen LogP contribution in [0.15, 0.2) is 12.1 Å². The predicted molar refractivity (Wildman–Crippen MR) is 88.9 cm³/mol. The van der Waals surface area contributed by atoms with Crippen LogP contribution in [-0.4, -0.2) is 24.4 Å². The average molecular weight is 378 g/mol. The zero-order valence-electron chi connectivity index (χ0n) is 13.1. The number of rotatable bonds is 4. The summed E-state index contributed by atoms with van der Waals surface area (Å²) < 4.78 is 17.8. The Hall–Kier alpha value is -0.450. The Balaban J connectivity index is 2.35. The maximum Gasteiger partial charge on any atom is 0.165 e. The van der Waals surface area contributed by atoms with Gasteiger partial charge in [-0.05, 0) is 33.8 Å². The standard InChI is InChI=1S/C16H22BrClO3/c1-15(2)8-13(16(3,4)21-15)20-14-10(9-17)6-11(18)7-12(14)19-5/h6-7,13H,8-9H2,1-5H3. The van der Waals surface area contributed by atoms with E-state index in [0.29, 0.717) is 16.1 Å². The molecule has 0 bridgehead atoms. The second-order valence-electron chi connectivity index (χ2n) is 6.51. The molecule has 0 aromatic heterocycles. The van der Waals surface area contributed by atoms with E-state index in [2.05, 4.69) is 43.6 Å². The zero-order chi connectivity index (χ0) is 15.8. The first kappa shape index (κ1) is 16.9. The van der Waals surface area contributed by atoms with E-state index in [4.69, 9.17) is 25.8 Å². The molecule has 1 fully saturated rings. The number of methoxy groups -OCH3 is 1. The van der Waals surface area contributed by atoms with Crippen LogP contribution in [-0.2, 0) is 10.1 Å². The maximum absolute atomic E-state index is 6.29. The molecule has 0 N–H and O–H groups in total. The quantitative estimate of drug-likeness (QED) is 0.693. The van der Waals surface area contributed by atoms with E-state index in [1.54, 1.807) is 13.2 Å². The van der Waals surface area contributed by atoms with Crippen molar-refractivity contribution < 1.29 is 14.2 Å². The largest absolute Gasteiger partial charge is 0.493 e. The van der Waals surface area contributed by atoms with E-state index in [1.807, 2.05) is 6.07 Å². The number of alkyl halides is 1. The minimum absolute atomic E-state index is 0.0413. The van der Waals surface area contributed by atoms with Gasteiger partial charge < -0.3 is 14.2 Å². The van der Waals surface area contributed by atoms with Crippen LogP contribution in [0.1, 0.15) is 39.7 Å². The third kappa shape index (κ3) is 3.66. The summed E-state index contributed by atoms with van der Waals surface area (Å²) in [7, 11) is 1.62. The first-order valence-electron chi connectivity index (χ1n) is 6.98. The van der Waals surface area contributed by atoms with Gasteiger partial charge in [-0.1, -0.05) is 27.5 Å². The van der Waals surface area contributed by atoms with Gasteiger partial charge in [-0.15, -0.1) is 0 Å². The summed E-state index contributed by atoms with van der Waals surface area (Å²) in [5, 5.41) is 1.28. The van der Waals surface area contributed by atoms with Crippen molar-refractivity contribution in [2.24, 2.45) is 0 Å². The van der Waals surface area contributed by atoms with Crippen molar-refractivity contribution in [3.63, 3.8) is 0 Å². The molecule has 118 valence electrons. The summed E-state index contributed by atoms with van der Waals surface area (Å²) in [4.78, 5) is 0. The Bertz CT molecular complexity index is 503. The lowest BCUT2D eigenvalue weighted by molar-refractivity contribution is -0.0848. The van der Waals surface area contributed by atoms with Crippen LogP contribution in [0.3, 0.4) is 0 Å². The molecule has 1 aliphatic heterocycles. The topological polar surface area (TPSA) is 27.7 Å². The van der Waals surface area contributed by atoms with Gasteiger partial charge in [-0.3, -0.25) is 0 Å². The van der Waals surface area contributed by atoms with Gasteiger partial charge >= 0.3 is 0 Å². The summed E-state index contributed by atoms with van der Waals surface area (Å²) in [6.07, 6.45) is 0.786. The van der Waals surface area contributed by atoms with Gasteiger partial charge in [0.05, 0.1) is 12.7 Å². The number of halogens is 2. The van der Waals surface area contributed by atoms with E-state index in [-0.39, 0.29) is 17.3 Å². The van der Waals surface area contributed by atoms with E-state index < -0.39 is 0 Å². The molecule has 1 aliphatic rings. The Morgan fingerprint density at radius 1 is 1.33 bits per heavy atom. The monoisotopic (exact) mass is 376 g/mol. The number of ether oxygens (including phenoxy) is 3. The number of benzene rings is 1. The van der Waals surface area contributed by atoms with Crippen molar-refractivity contribution in [3.8, 4) is 11.5 Å². The summed E-state index contributed by atoms with van der Waals surface area (Å²) >= 11 is 9.60. The first-order valence-corrected chi connectivity index (χ1v) is 8.47. The summed E-state index contributed by atoms with van der Waals surface area (Å²) in [5.74, 6) is 1.38. The van der Waals surface area contributed by atoms with Crippen molar-refractivity contribution in [2.45, 2.75) is 56.8 Å². The van der Waals surface area contributed by atoms with Crippen LogP contribution in [0.4, 0.5) is 0 Å². The molecule has 21 heavy (non-hydrogen) atoms. The highest BCUT2D eigenvalue weighted by molar-refractivity contribution is 9.08. The molecule has 1 aromatic rings. The van der Waals surface area contributed by atoms with Crippen LogP contribution in [0.5, 0.6) is 11.5 Å². The van der Waals surface area contributed by atoms with Crippen molar-refractivity contribution in [1.82, 2.24) is 0 Å². The molecule has 0 spiro atoms. The van der Waals surface area contributed by atoms with Crippen LogP contribution in [0.2, 0.25) is 5.02 Å². The highest BCUT2D eigenvalue weighted by atomic mass is 79.9. The molecule has 1 unspecified atom stereocenters. The minimum atomic E-state index is -0.349. The molecule has 1 atom stereocenters. The fourth-order valence-electron chi connectivity index (χ4n) is 2.84. The first-order chi connectivity index (χ1) is 9.68. The third-order valence-corrected chi connectivity index (χ3v) is 4.53. The van der Waals surface area contributed by atoms with Gasteiger partial charge in [0, 0.05) is 28.4 Å². The van der Waals surface area contributed by atoms with E-state index >= 15 is 0 Å². The molecule has 1 aromatic carbocycles. The second-order valence-corrected chi connectivity index (χ2v) is 7.50. The van der Waals surface area contributed by atoms with Gasteiger partial charge in [-0.2, -0.15) is 0 Å². The van der Waals surface area contributed by atoms with Crippen molar-refractivity contribution in [2.75, 3.05) is 7.11 Å². The summed E-state index contributed by atoms with van der Waals surface area (Å²) in [5.41, 5.74) is 0.431. The molecule has 0 amide bonds. The van der Waals surface area contributed by atoms with Gasteiger partial charge in [0.15, 0.2) is 11.5 Å². The lowest BCUT2D eigenvalue weighted by atomic mass is 9.97. The van der Waals surface area contributed by atoms with Gasteiger partial charge in [-0.25, -0.2) is 0 Å². The number of hydrogen-bond donors (Lipinski definition) is 0. The molecule has 0 saturated carbocycles. The third-order valence-electron chi connectivity index (χ3n) is 3.71. The lowest BCUT2D eigenvalue weighted by Crippen LogP contribution is -2.37. The SMILES string of the molecule is COc1cc(Cl)cc(CBr)c1OC1CC(C)(C)OC1(C)C. The van der Waals surface area contributed by atoms with Crippen LogP contribution < -0.4 is 9.47 Å².